The fourth-order valence-corrected chi connectivity index (χ4v) is 4.41. The summed E-state index contributed by atoms with van der Waals surface area (Å²) in [5.41, 5.74) is 0.657. The maximum absolute atomic E-state index is 12.7. The van der Waals surface area contributed by atoms with Crippen LogP contribution in [0.2, 0.25) is 5.02 Å². The number of benzene rings is 3. The zero-order chi connectivity index (χ0) is 28.6. The van der Waals surface area contributed by atoms with Crippen molar-refractivity contribution in [2.75, 3.05) is 31.7 Å². The van der Waals surface area contributed by atoms with Gasteiger partial charge in [-0.05, 0) is 29.8 Å². The Morgan fingerprint density at radius 2 is 1.90 bits per heavy atom. The molecule has 13 heteroatoms. The number of aliphatic hydroxyl groups excluding tert-OH is 1. The quantitative estimate of drug-likeness (QED) is 0.240. The Kier molecular flexibility index (Phi) is 9.72. The standard InChI is InChI=1S/C27H26ClNO10S/c1-34-19-8-9-20(28)22(15-19)38-26-21(13-18(27(31)35-2)14-23(26)36-11-10-30)29(40(32)33)24-16-37-25(39-24)12-17-6-4-3-5-7-17/h3-9,13-16,25,30H,10-12H2,1-2H3,(H,32,33)/p-1. The number of esters is 1. The smallest absolute Gasteiger partial charge is 0.338 e. The average molecular weight is 591 g/mol. The van der Waals surface area contributed by atoms with E-state index in [-0.39, 0.29) is 52.6 Å². The van der Waals surface area contributed by atoms with Gasteiger partial charge in [-0.25, -0.2) is 9.10 Å². The summed E-state index contributed by atoms with van der Waals surface area (Å²) in [6, 6.07) is 16.5. The molecule has 212 valence electrons. The minimum absolute atomic E-state index is 0.0645. The minimum atomic E-state index is -3.01. The van der Waals surface area contributed by atoms with Crippen molar-refractivity contribution < 1.29 is 47.1 Å². The highest BCUT2D eigenvalue weighted by atomic mass is 35.5. The lowest BCUT2D eigenvalue weighted by molar-refractivity contribution is -0.0298. The zero-order valence-electron chi connectivity index (χ0n) is 21.4. The fourth-order valence-electron chi connectivity index (χ4n) is 3.73. The maximum Gasteiger partial charge on any atom is 0.338 e. The van der Waals surface area contributed by atoms with Gasteiger partial charge in [0.1, 0.15) is 30.1 Å². The first-order valence-corrected chi connectivity index (χ1v) is 13.2. The van der Waals surface area contributed by atoms with Crippen LogP contribution in [-0.2, 0) is 31.9 Å². The Morgan fingerprint density at radius 3 is 2.58 bits per heavy atom. The molecule has 1 aliphatic heterocycles. The molecule has 4 rings (SSSR count). The molecule has 1 heterocycles. The Balaban J connectivity index is 1.80. The molecule has 0 bridgehead atoms. The molecule has 1 N–H and O–H groups in total. The number of ether oxygens (including phenoxy) is 6. The lowest BCUT2D eigenvalue weighted by atomic mass is 10.1. The third-order valence-corrected chi connectivity index (χ3v) is 6.53. The van der Waals surface area contributed by atoms with E-state index in [4.69, 9.17) is 40.0 Å². The van der Waals surface area contributed by atoms with Gasteiger partial charge in [0.2, 0.25) is 12.2 Å². The third-order valence-electron chi connectivity index (χ3n) is 5.54. The molecule has 0 saturated carbocycles. The van der Waals surface area contributed by atoms with Crippen molar-refractivity contribution in [2.45, 2.75) is 12.7 Å². The molecule has 0 saturated heterocycles. The number of halogens is 1. The van der Waals surface area contributed by atoms with Gasteiger partial charge in [0.05, 0.1) is 42.7 Å². The van der Waals surface area contributed by atoms with E-state index in [0.29, 0.717) is 12.2 Å². The van der Waals surface area contributed by atoms with Crippen LogP contribution in [0.3, 0.4) is 0 Å². The molecule has 0 amide bonds. The van der Waals surface area contributed by atoms with Gasteiger partial charge in [-0.1, -0.05) is 41.9 Å². The highest BCUT2D eigenvalue weighted by Gasteiger charge is 2.31. The van der Waals surface area contributed by atoms with E-state index in [2.05, 4.69) is 0 Å². The van der Waals surface area contributed by atoms with Gasteiger partial charge >= 0.3 is 5.97 Å². The van der Waals surface area contributed by atoms with E-state index in [9.17, 15) is 18.7 Å². The minimum Gasteiger partial charge on any atom is -0.755 e. The molecule has 40 heavy (non-hydrogen) atoms. The van der Waals surface area contributed by atoms with Crippen molar-refractivity contribution in [1.29, 1.82) is 0 Å². The lowest BCUT2D eigenvalue weighted by Crippen LogP contribution is -2.27. The van der Waals surface area contributed by atoms with Gasteiger partial charge in [-0.2, -0.15) is 0 Å². The first-order valence-electron chi connectivity index (χ1n) is 11.8. The van der Waals surface area contributed by atoms with Crippen molar-refractivity contribution >= 4 is 34.5 Å². The van der Waals surface area contributed by atoms with Crippen LogP contribution in [0.25, 0.3) is 0 Å². The largest absolute Gasteiger partial charge is 0.755 e. The molecule has 3 aromatic carbocycles. The molecule has 0 fully saturated rings. The molecule has 0 aliphatic carbocycles. The molecular formula is C27H25ClNO10S-. The van der Waals surface area contributed by atoms with E-state index >= 15 is 0 Å². The molecule has 0 radical (unpaired) electrons. The highest BCUT2D eigenvalue weighted by Crippen LogP contribution is 2.46. The molecule has 11 nitrogen and oxygen atoms in total. The predicted octanol–water partition coefficient (Wildman–Crippen LogP) is 4.31. The average Bonchev–Trinajstić information content (AvgIpc) is 3.41. The predicted molar refractivity (Wildman–Crippen MR) is 144 cm³/mol. The van der Waals surface area contributed by atoms with Crippen molar-refractivity contribution in [3.05, 3.63) is 89.0 Å². The first-order chi connectivity index (χ1) is 19.3. The Bertz CT molecular complexity index is 1400. The maximum atomic E-state index is 12.7. The van der Waals surface area contributed by atoms with E-state index in [1.807, 2.05) is 30.3 Å². The SMILES string of the molecule is COC(=O)c1cc(OCCO)c(Oc2cc(OC)ccc2Cl)c(N(C2=COC(Cc3ccccc3)O2)S(=O)[O-])c1. The van der Waals surface area contributed by atoms with Crippen LogP contribution in [0, 0.1) is 0 Å². The molecule has 2 atom stereocenters. The third kappa shape index (κ3) is 6.77. The zero-order valence-corrected chi connectivity index (χ0v) is 23.0. The van der Waals surface area contributed by atoms with E-state index in [1.165, 1.54) is 38.5 Å². The number of hydrogen-bond acceptors (Lipinski definition) is 10. The fraction of sp³-hybridized carbons (Fsp3) is 0.222. The summed E-state index contributed by atoms with van der Waals surface area (Å²) < 4.78 is 59.3. The van der Waals surface area contributed by atoms with Crippen LogP contribution in [0.5, 0.6) is 23.0 Å². The Hall–Kier alpha value is -3.97. The summed E-state index contributed by atoms with van der Waals surface area (Å²) in [6.07, 6.45) is 0.649. The molecule has 0 aromatic heterocycles. The van der Waals surface area contributed by atoms with Crippen LogP contribution >= 0.6 is 11.6 Å². The van der Waals surface area contributed by atoms with E-state index in [1.54, 1.807) is 6.07 Å². The number of hydrogen-bond donors (Lipinski definition) is 1. The van der Waals surface area contributed by atoms with Crippen LogP contribution in [0.15, 0.2) is 72.8 Å². The Morgan fingerprint density at radius 1 is 1.12 bits per heavy atom. The van der Waals surface area contributed by atoms with Gasteiger partial charge in [0.15, 0.2) is 11.5 Å². The summed E-state index contributed by atoms with van der Waals surface area (Å²) >= 11 is 3.35. The van der Waals surface area contributed by atoms with Crippen molar-refractivity contribution in [3.63, 3.8) is 0 Å². The number of rotatable bonds is 12. The molecule has 2 unspecified atom stereocenters. The summed E-state index contributed by atoms with van der Waals surface area (Å²) in [6.45, 7) is -0.578. The molecular weight excluding hydrogens is 566 g/mol. The normalized spacial score (nSPS) is 14.8. The van der Waals surface area contributed by atoms with Crippen molar-refractivity contribution in [1.82, 2.24) is 0 Å². The summed E-state index contributed by atoms with van der Waals surface area (Å²) in [7, 11) is 2.63. The van der Waals surface area contributed by atoms with E-state index < -0.39 is 23.5 Å². The Labute approximate surface area is 237 Å². The number of carbonyl (C=O) groups is 1. The van der Waals surface area contributed by atoms with Crippen LogP contribution < -0.4 is 18.5 Å². The van der Waals surface area contributed by atoms with Gasteiger partial charge < -0.3 is 38.1 Å². The van der Waals surface area contributed by atoms with Crippen molar-refractivity contribution in [3.8, 4) is 23.0 Å². The van der Waals surface area contributed by atoms with Gasteiger partial charge in [-0.15, -0.1) is 0 Å². The molecule has 1 aliphatic rings. The van der Waals surface area contributed by atoms with Crippen LogP contribution in [0.4, 0.5) is 5.69 Å². The number of nitrogens with zero attached hydrogens (tertiary/aromatic N) is 1. The molecule has 3 aromatic rings. The highest BCUT2D eigenvalue weighted by molar-refractivity contribution is 7.80. The number of anilines is 1. The second-order valence-electron chi connectivity index (χ2n) is 8.13. The monoisotopic (exact) mass is 590 g/mol. The van der Waals surface area contributed by atoms with Crippen LogP contribution in [0.1, 0.15) is 15.9 Å². The van der Waals surface area contributed by atoms with Gasteiger partial charge in [0.25, 0.3) is 0 Å². The molecule has 0 spiro atoms. The topological polar surface area (TPSA) is 136 Å². The van der Waals surface area contributed by atoms with Gasteiger partial charge in [-0.3, -0.25) is 4.21 Å². The first kappa shape index (κ1) is 29.0. The second kappa shape index (κ2) is 13.4. The summed E-state index contributed by atoms with van der Waals surface area (Å²) in [5, 5.41) is 9.56. The van der Waals surface area contributed by atoms with Gasteiger partial charge in [0, 0.05) is 12.5 Å². The lowest BCUT2D eigenvalue weighted by Gasteiger charge is -2.29. The second-order valence-corrected chi connectivity index (χ2v) is 9.33. The summed E-state index contributed by atoms with van der Waals surface area (Å²) in [5.74, 6) is -0.715. The number of methoxy groups -OCH3 is 2. The van der Waals surface area contributed by atoms with E-state index in [0.717, 1.165) is 16.1 Å². The number of aliphatic hydroxyl groups is 1. The van der Waals surface area contributed by atoms with Crippen LogP contribution in [-0.4, -0.2) is 53.6 Å². The summed E-state index contributed by atoms with van der Waals surface area (Å²) in [4.78, 5) is 12.5. The van der Waals surface area contributed by atoms with Crippen molar-refractivity contribution in [2.24, 2.45) is 0 Å². The number of carbonyl (C=O) groups excluding carboxylic acids is 1.